The molecule has 2 aliphatic heterocycles. The van der Waals surface area contributed by atoms with Crippen molar-refractivity contribution in [2.24, 2.45) is 0 Å². The molecule has 0 aliphatic carbocycles. The minimum absolute atomic E-state index is 0.00461. The number of esters is 1. The van der Waals surface area contributed by atoms with E-state index in [9.17, 15) is 24.5 Å². The molecule has 15 heteroatoms. The van der Waals surface area contributed by atoms with Crippen LogP contribution >= 0.6 is 11.8 Å². The summed E-state index contributed by atoms with van der Waals surface area (Å²) in [6.07, 6.45) is 0.423. The third-order valence-electron chi connectivity index (χ3n) is 8.49. The number of nitrogens with zero attached hydrogens (tertiary/aromatic N) is 4. The number of nitro groups is 1. The molecule has 3 rings (SSSR count). The summed E-state index contributed by atoms with van der Waals surface area (Å²) in [5.74, 6) is 0.798. The Bertz CT molecular complexity index is 1160. The maximum absolute atomic E-state index is 13.3. The number of thioether (sulfide) groups is 1. The zero-order valence-corrected chi connectivity index (χ0v) is 29.2. The largest absolute Gasteiger partial charge is 0.464 e. The molecule has 0 aromatic heterocycles. The number of piperazine rings is 1. The Morgan fingerprint density at radius 2 is 1.80 bits per heavy atom. The van der Waals surface area contributed by atoms with Crippen LogP contribution in [0.1, 0.15) is 46.1 Å². The summed E-state index contributed by atoms with van der Waals surface area (Å²) < 4.78 is 17.4. The highest BCUT2D eigenvalue weighted by Gasteiger charge is 2.44. The molecular formula is C30H49N5O8SSi. The van der Waals surface area contributed by atoms with Crippen molar-refractivity contribution in [1.29, 1.82) is 0 Å². The summed E-state index contributed by atoms with van der Waals surface area (Å²) >= 11 is 1.62. The minimum atomic E-state index is -2.08. The Hall–Kier alpha value is -2.72. The Balaban J connectivity index is 1.59. The first kappa shape index (κ1) is 36.7. The van der Waals surface area contributed by atoms with E-state index in [0.29, 0.717) is 56.1 Å². The minimum Gasteiger partial charge on any atom is -0.464 e. The molecule has 2 fully saturated rings. The molecule has 0 radical (unpaired) electrons. The van der Waals surface area contributed by atoms with E-state index < -0.39 is 19.3 Å². The molecule has 1 aromatic rings. The van der Waals surface area contributed by atoms with E-state index in [1.54, 1.807) is 33.8 Å². The van der Waals surface area contributed by atoms with Gasteiger partial charge in [0.05, 0.1) is 17.6 Å². The standard InChI is InChI=1S/C30H49N5O8SSi/c1-23(36)41-17-16-34(32-14-12-31-13-15-32)28(37)11-18-44-22-26-19-27(43-45(5,6)30(2,3)4)20-33(26)29(38)42-21-24-7-9-25(10-8-24)35(39)40/h7-10,26-27,31H,11-22H2,1-6H3. The van der Waals surface area contributed by atoms with Gasteiger partial charge in [0.15, 0.2) is 8.32 Å². The van der Waals surface area contributed by atoms with E-state index >= 15 is 0 Å². The molecule has 252 valence electrons. The third kappa shape index (κ3) is 11.2. The SMILES string of the molecule is CC(=O)OCCN(C(=O)CCSCC1CC(O[Si](C)(C)C(C)(C)C)CN1C(=O)OCc1ccc([N+](=O)[O-])cc1)N1CCNCC1. The molecule has 2 heterocycles. The lowest BCUT2D eigenvalue weighted by molar-refractivity contribution is -0.384. The van der Waals surface area contributed by atoms with Crippen molar-refractivity contribution in [2.45, 2.75) is 77.4 Å². The number of carbonyl (C=O) groups excluding carboxylic acids is 3. The van der Waals surface area contributed by atoms with Gasteiger partial charge in [-0.1, -0.05) is 20.8 Å². The van der Waals surface area contributed by atoms with Crippen LogP contribution in [0.25, 0.3) is 0 Å². The molecule has 0 bridgehead atoms. The molecule has 2 unspecified atom stereocenters. The van der Waals surface area contributed by atoms with Crippen LogP contribution in [0.15, 0.2) is 24.3 Å². The Labute approximate surface area is 271 Å². The van der Waals surface area contributed by atoms with Crippen molar-refractivity contribution in [2.75, 3.05) is 57.4 Å². The topological polar surface area (TPSA) is 144 Å². The first-order chi connectivity index (χ1) is 21.2. The summed E-state index contributed by atoms with van der Waals surface area (Å²) in [4.78, 5) is 50.0. The van der Waals surface area contributed by atoms with Crippen molar-refractivity contribution in [3.05, 3.63) is 39.9 Å². The van der Waals surface area contributed by atoms with Gasteiger partial charge in [0.1, 0.15) is 13.2 Å². The van der Waals surface area contributed by atoms with Gasteiger partial charge in [-0.05, 0) is 42.2 Å². The van der Waals surface area contributed by atoms with Crippen molar-refractivity contribution in [1.82, 2.24) is 20.2 Å². The maximum Gasteiger partial charge on any atom is 0.410 e. The highest BCUT2D eigenvalue weighted by molar-refractivity contribution is 7.99. The number of hydrazine groups is 1. The van der Waals surface area contributed by atoms with Crippen LogP contribution in [0.2, 0.25) is 18.1 Å². The number of hydrogen-bond acceptors (Lipinski definition) is 11. The highest BCUT2D eigenvalue weighted by atomic mass is 32.2. The van der Waals surface area contributed by atoms with Crippen LogP contribution in [-0.2, 0) is 30.1 Å². The maximum atomic E-state index is 13.3. The summed E-state index contributed by atoms with van der Waals surface area (Å²) in [5, 5.41) is 18.0. The van der Waals surface area contributed by atoms with Gasteiger partial charge in [-0.3, -0.25) is 24.7 Å². The molecule has 13 nitrogen and oxygen atoms in total. The molecule has 2 saturated heterocycles. The zero-order chi connectivity index (χ0) is 33.2. The second-order valence-corrected chi connectivity index (χ2v) is 18.8. The van der Waals surface area contributed by atoms with Gasteiger partial charge in [0.25, 0.3) is 5.69 Å². The second kappa shape index (κ2) is 16.7. The normalized spacial score (nSPS) is 19.3. The number of benzene rings is 1. The number of likely N-dealkylation sites (tertiary alicyclic amines) is 1. The molecular weight excluding hydrogens is 619 g/mol. The van der Waals surface area contributed by atoms with Crippen molar-refractivity contribution in [3.63, 3.8) is 0 Å². The molecule has 0 spiro atoms. The number of amides is 2. The molecule has 2 amide bonds. The number of hydrogen-bond donors (Lipinski definition) is 1. The number of nitro benzene ring substituents is 1. The summed E-state index contributed by atoms with van der Waals surface area (Å²) in [7, 11) is -2.08. The van der Waals surface area contributed by atoms with Crippen LogP contribution < -0.4 is 5.32 Å². The Morgan fingerprint density at radius 1 is 1.13 bits per heavy atom. The van der Waals surface area contributed by atoms with E-state index in [4.69, 9.17) is 13.9 Å². The second-order valence-electron chi connectivity index (χ2n) is 12.9. The molecule has 2 atom stereocenters. The number of nitrogens with one attached hydrogen (secondary N) is 1. The summed E-state index contributed by atoms with van der Waals surface area (Å²) in [5.41, 5.74) is 0.640. The van der Waals surface area contributed by atoms with Crippen LogP contribution in [-0.4, -0.2) is 116 Å². The average Bonchev–Trinajstić information content (AvgIpc) is 3.37. The van der Waals surface area contributed by atoms with Gasteiger partial charge in [0.2, 0.25) is 5.91 Å². The fourth-order valence-corrected chi connectivity index (χ4v) is 7.41. The van der Waals surface area contributed by atoms with Crippen molar-refractivity contribution < 1.29 is 33.2 Å². The number of rotatable bonds is 14. The average molecular weight is 668 g/mol. The lowest BCUT2D eigenvalue weighted by atomic mass is 10.2. The number of non-ortho nitro benzene ring substituents is 1. The van der Waals surface area contributed by atoms with Crippen LogP contribution in [0.4, 0.5) is 10.5 Å². The quantitative estimate of drug-likeness (QED) is 0.101. The van der Waals surface area contributed by atoms with Gasteiger partial charge in [-0.15, -0.1) is 0 Å². The molecule has 0 saturated carbocycles. The van der Waals surface area contributed by atoms with Gasteiger partial charge in [-0.2, -0.15) is 11.8 Å². The van der Waals surface area contributed by atoms with Crippen molar-refractivity contribution in [3.8, 4) is 0 Å². The summed E-state index contributed by atoms with van der Waals surface area (Å²) in [6, 6.07) is 5.82. The highest BCUT2D eigenvalue weighted by Crippen LogP contribution is 2.39. The van der Waals surface area contributed by atoms with E-state index in [0.717, 1.165) is 13.1 Å². The van der Waals surface area contributed by atoms with Gasteiger partial charge < -0.3 is 24.1 Å². The fraction of sp³-hybridized carbons (Fsp3) is 0.700. The Kier molecular flexibility index (Phi) is 13.7. The lowest BCUT2D eigenvalue weighted by Gasteiger charge is -2.38. The predicted octanol–water partition coefficient (Wildman–Crippen LogP) is 4.03. The first-order valence-electron chi connectivity index (χ1n) is 15.5. The van der Waals surface area contributed by atoms with E-state index in [-0.39, 0.29) is 48.0 Å². The van der Waals surface area contributed by atoms with Crippen LogP contribution in [0.5, 0.6) is 0 Å². The fourth-order valence-electron chi connectivity index (χ4n) is 4.98. The lowest BCUT2D eigenvalue weighted by Crippen LogP contribution is -2.55. The number of carbonyl (C=O) groups is 3. The van der Waals surface area contributed by atoms with Gasteiger partial charge in [-0.25, -0.2) is 9.80 Å². The van der Waals surface area contributed by atoms with Crippen LogP contribution in [0, 0.1) is 10.1 Å². The predicted molar refractivity (Wildman–Crippen MR) is 175 cm³/mol. The van der Waals surface area contributed by atoms with Crippen molar-refractivity contribution >= 4 is 43.7 Å². The number of ether oxygens (including phenoxy) is 2. The smallest absolute Gasteiger partial charge is 0.410 e. The summed E-state index contributed by atoms with van der Waals surface area (Å²) in [6.45, 7) is 16.2. The third-order valence-corrected chi connectivity index (χ3v) is 14.1. The van der Waals surface area contributed by atoms with Gasteiger partial charge >= 0.3 is 12.1 Å². The van der Waals surface area contributed by atoms with E-state index in [1.165, 1.54) is 19.1 Å². The molecule has 1 aromatic carbocycles. The molecule has 45 heavy (non-hydrogen) atoms. The molecule has 1 N–H and O–H groups in total. The van der Waals surface area contributed by atoms with Gasteiger partial charge in [0, 0.05) is 75.7 Å². The molecule has 2 aliphatic rings. The van der Waals surface area contributed by atoms with E-state index in [1.807, 2.05) is 5.01 Å². The van der Waals surface area contributed by atoms with E-state index in [2.05, 4.69) is 39.2 Å². The monoisotopic (exact) mass is 667 g/mol. The first-order valence-corrected chi connectivity index (χ1v) is 19.6. The zero-order valence-electron chi connectivity index (χ0n) is 27.4. The Morgan fingerprint density at radius 3 is 2.40 bits per heavy atom. The van der Waals surface area contributed by atoms with Crippen LogP contribution in [0.3, 0.4) is 0 Å².